The van der Waals surface area contributed by atoms with E-state index >= 15 is 0 Å². The summed E-state index contributed by atoms with van der Waals surface area (Å²) in [5, 5.41) is 6.72. The molecule has 2 aliphatic rings. The Bertz CT molecular complexity index is 790. The Morgan fingerprint density at radius 3 is 2.62 bits per heavy atom. The summed E-state index contributed by atoms with van der Waals surface area (Å²) in [5.74, 6) is -0.131. The Morgan fingerprint density at radius 1 is 1.12 bits per heavy atom. The van der Waals surface area contributed by atoms with Crippen LogP contribution in [0.15, 0.2) is 60.8 Å². The number of benzene rings is 2. The minimum absolute atomic E-state index is 0.131. The molecular weight excluding hydrogens is 305 g/mol. The Kier molecular flexibility index (Phi) is 3.78. The van der Waals surface area contributed by atoms with Crippen LogP contribution in [-0.2, 0) is 4.79 Å². The van der Waals surface area contributed by atoms with Crippen LogP contribution in [-0.4, -0.2) is 30.2 Å². The molecule has 1 atom stereocenters. The maximum absolute atomic E-state index is 13.7. The molecule has 1 unspecified atom stereocenters. The number of hydrogen-bond donors (Lipinski definition) is 1. The third-order valence-electron chi connectivity index (χ3n) is 4.40. The van der Waals surface area contributed by atoms with E-state index in [1.165, 1.54) is 0 Å². The number of rotatable bonds is 3. The molecule has 1 fully saturated rings. The van der Waals surface area contributed by atoms with Crippen molar-refractivity contribution in [2.24, 2.45) is 0 Å². The van der Waals surface area contributed by atoms with Gasteiger partial charge < -0.3 is 5.32 Å². The predicted octanol–water partition coefficient (Wildman–Crippen LogP) is 3.45. The quantitative estimate of drug-likeness (QED) is 0.879. The van der Waals surface area contributed by atoms with Crippen molar-refractivity contribution in [2.75, 3.05) is 23.4 Å². The molecule has 1 saturated heterocycles. The molecule has 0 aliphatic carbocycles. The number of fused-ring (bicyclic) bond motifs is 1. The van der Waals surface area contributed by atoms with E-state index in [2.05, 4.69) is 5.32 Å². The zero-order chi connectivity index (χ0) is 16.5. The first-order valence-corrected chi connectivity index (χ1v) is 8.08. The highest BCUT2D eigenvalue weighted by molar-refractivity contribution is 6.31. The number of carbonyl (C=O) groups is 1. The van der Waals surface area contributed by atoms with Gasteiger partial charge in [-0.25, -0.2) is 9.40 Å². The molecule has 24 heavy (non-hydrogen) atoms. The van der Waals surface area contributed by atoms with Gasteiger partial charge in [-0.1, -0.05) is 36.4 Å². The number of alkyl halides is 1. The van der Waals surface area contributed by atoms with E-state index in [1.807, 2.05) is 70.8 Å². The molecule has 4 nitrogen and oxygen atoms in total. The van der Waals surface area contributed by atoms with Crippen LogP contribution in [0.1, 0.15) is 12.0 Å². The SMILES string of the molecule is O=C1Nc2ccccc2C1=CN(c1ccccc1)N1CCC(F)C1. The van der Waals surface area contributed by atoms with Crippen molar-refractivity contribution >= 4 is 22.9 Å². The summed E-state index contributed by atoms with van der Waals surface area (Å²) in [4.78, 5) is 12.4. The monoisotopic (exact) mass is 323 g/mol. The topological polar surface area (TPSA) is 35.6 Å². The van der Waals surface area contributed by atoms with Crippen molar-refractivity contribution in [3.05, 3.63) is 66.4 Å². The van der Waals surface area contributed by atoms with Crippen molar-refractivity contribution < 1.29 is 9.18 Å². The van der Waals surface area contributed by atoms with Gasteiger partial charge in [0.15, 0.2) is 0 Å². The lowest BCUT2D eigenvalue weighted by molar-refractivity contribution is -0.110. The van der Waals surface area contributed by atoms with E-state index in [0.29, 0.717) is 25.1 Å². The molecule has 5 heteroatoms. The maximum Gasteiger partial charge on any atom is 0.257 e. The predicted molar refractivity (Wildman–Crippen MR) is 93.1 cm³/mol. The van der Waals surface area contributed by atoms with Gasteiger partial charge in [0.2, 0.25) is 0 Å². The number of anilines is 2. The van der Waals surface area contributed by atoms with Gasteiger partial charge >= 0.3 is 0 Å². The molecular formula is C19H18FN3O. The summed E-state index contributed by atoms with van der Waals surface area (Å²) >= 11 is 0. The first-order valence-electron chi connectivity index (χ1n) is 8.08. The summed E-state index contributed by atoms with van der Waals surface area (Å²) in [5.41, 5.74) is 3.19. The third-order valence-corrected chi connectivity index (χ3v) is 4.40. The van der Waals surface area contributed by atoms with Crippen LogP contribution in [0, 0.1) is 0 Å². The normalized spacial score (nSPS) is 21.8. The lowest BCUT2D eigenvalue weighted by Gasteiger charge is -2.31. The van der Waals surface area contributed by atoms with E-state index in [4.69, 9.17) is 0 Å². The van der Waals surface area contributed by atoms with Crippen molar-refractivity contribution in [1.82, 2.24) is 5.01 Å². The van der Waals surface area contributed by atoms with Gasteiger partial charge in [-0.15, -0.1) is 0 Å². The highest BCUT2D eigenvalue weighted by Crippen LogP contribution is 2.33. The zero-order valence-corrected chi connectivity index (χ0v) is 13.2. The van der Waals surface area contributed by atoms with Gasteiger partial charge in [0.25, 0.3) is 5.91 Å². The van der Waals surface area contributed by atoms with Crippen LogP contribution in [0.25, 0.3) is 5.57 Å². The molecule has 0 spiro atoms. The average molecular weight is 323 g/mol. The number of carbonyl (C=O) groups excluding carboxylic acids is 1. The minimum Gasteiger partial charge on any atom is -0.321 e. The lowest BCUT2D eigenvalue weighted by atomic mass is 10.1. The zero-order valence-electron chi connectivity index (χ0n) is 13.2. The number of nitrogens with zero attached hydrogens (tertiary/aromatic N) is 2. The number of hydrogen-bond acceptors (Lipinski definition) is 3. The van der Waals surface area contributed by atoms with Crippen molar-refractivity contribution in [1.29, 1.82) is 0 Å². The molecule has 1 amide bonds. The molecule has 0 aromatic heterocycles. The van der Waals surface area contributed by atoms with Crippen LogP contribution >= 0.6 is 0 Å². The summed E-state index contributed by atoms with van der Waals surface area (Å²) in [6, 6.07) is 17.3. The molecule has 2 aromatic rings. The summed E-state index contributed by atoms with van der Waals surface area (Å²) < 4.78 is 13.7. The fourth-order valence-electron chi connectivity index (χ4n) is 3.19. The number of nitrogens with one attached hydrogen (secondary N) is 1. The molecule has 122 valence electrons. The first kappa shape index (κ1) is 14.9. The summed E-state index contributed by atoms with van der Waals surface area (Å²) in [6.07, 6.45) is 1.49. The van der Waals surface area contributed by atoms with Crippen molar-refractivity contribution in [3.8, 4) is 0 Å². The Labute approximate surface area is 140 Å². The fraction of sp³-hybridized carbons (Fsp3) is 0.211. The summed E-state index contributed by atoms with van der Waals surface area (Å²) in [6.45, 7) is 0.963. The van der Waals surface area contributed by atoms with Crippen LogP contribution in [0.5, 0.6) is 0 Å². The molecule has 4 rings (SSSR count). The number of hydrazine groups is 1. The largest absolute Gasteiger partial charge is 0.321 e. The number of halogens is 1. The van der Waals surface area contributed by atoms with Crippen LogP contribution in [0.3, 0.4) is 0 Å². The molecule has 2 aliphatic heterocycles. The second-order valence-electron chi connectivity index (χ2n) is 6.02. The molecule has 2 heterocycles. The van der Waals surface area contributed by atoms with E-state index in [0.717, 1.165) is 16.9 Å². The van der Waals surface area contributed by atoms with Crippen LogP contribution in [0.4, 0.5) is 15.8 Å². The van der Waals surface area contributed by atoms with Gasteiger partial charge in [-0.2, -0.15) is 0 Å². The van der Waals surface area contributed by atoms with Gasteiger partial charge in [-0.05, 0) is 24.6 Å². The van der Waals surface area contributed by atoms with Crippen LogP contribution < -0.4 is 10.3 Å². The molecule has 2 aromatic carbocycles. The Morgan fingerprint density at radius 2 is 1.88 bits per heavy atom. The van der Waals surface area contributed by atoms with E-state index < -0.39 is 6.17 Å². The molecule has 0 saturated carbocycles. The second kappa shape index (κ2) is 6.09. The van der Waals surface area contributed by atoms with Gasteiger partial charge in [0, 0.05) is 30.5 Å². The highest BCUT2D eigenvalue weighted by Gasteiger charge is 2.29. The molecule has 1 N–H and O–H groups in total. The first-order chi connectivity index (χ1) is 11.7. The average Bonchev–Trinajstić information content (AvgIpc) is 3.16. The minimum atomic E-state index is -0.834. The van der Waals surface area contributed by atoms with Gasteiger partial charge in [-0.3, -0.25) is 9.80 Å². The summed E-state index contributed by atoms with van der Waals surface area (Å²) in [7, 11) is 0. The third kappa shape index (κ3) is 2.67. The standard InChI is InChI=1S/C19H18FN3O/c20-14-10-11-22(12-14)23(15-6-2-1-3-7-15)13-17-16-8-4-5-9-18(16)21-19(17)24/h1-9,13-14H,10-12H2,(H,21,24). The maximum atomic E-state index is 13.7. The number of para-hydroxylation sites is 2. The highest BCUT2D eigenvalue weighted by atomic mass is 19.1. The van der Waals surface area contributed by atoms with Gasteiger partial charge in [0.1, 0.15) is 6.17 Å². The second-order valence-corrected chi connectivity index (χ2v) is 6.02. The van der Waals surface area contributed by atoms with E-state index in [-0.39, 0.29) is 5.91 Å². The van der Waals surface area contributed by atoms with E-state index in [9.17, 15) is 9.18 Å². The smallest absolute Gasteiger partial charge is 0.257 e. The lowest BCUT2D eigenvalue weighted by Crippen LogP contribution is -2.38. The number of amides is 1. The Balaban J connectivity index is 1.76. The van der Waals surface area contributed by atoms with Crippen molar-refractivity contribution in [2.45, 2.75) is 12.6 Å². The van der Waals surface area contributed by atoms with E-state index in [1.54, 1.807) is 0 Å². The van der Waals surface area contributed by atoms with Crippen LogP contribution in [0.2, 0.25) is 0 Å². The fourth-order valence-corrected chi connectivity index (χ4v) is 3.19. The van der Waals surface area contributed by atoms with Crippen molar-refractivity contribution in [3.63, 3.8) is 0 Å². The Hall–Kier alpha value is -2.66. The molecule has 0 radical (unpaired) electrons. The molecule has 0 bridgehead atoms. The van der Waals surface area contributed by atoms with Gasteiger partial charge in [0.05, 0.1) is 11.3 Å².